The number of hydrogen-bond acceptors (Lipinski definition) is 2. The zero-order valence-corrected chi connectivity index (χ0v) is 6.32. The molecule has 0 spiro atoms. The van der Waals surface area contributed by atoms with E-state index in [4.69, 9.17) is 7.85 Å². The van der Waals surface area contributed by atoms with E-state index in [2.05, 4.69) is 9.99 Å². The van der Waals surface area contributed by atoms with Crippen molar-refractivity contribution in [3.05, 3.63) is 29.8 Å². The highest BCUT2D eigenvalue weighted by Gasteiger charge is 1.89. The predicted octanol–water partition coefficient (Wildman–Crippen LogP) is 0.461. The van der Waals surface area contributed by atoms with Crippen LogP contribution in [-0.2, 0) is 4.84 Å². The number of nitrogens with zero attached hydrogens (tertiary/aromatic N) is 1. The molecule has 0 atom stereocenters. The van der Waals surface area contributed by atoms with E-state index in [-0.39, 0.29) is 0 Å². The molecule has 0 aliphatic heterocycles. The molecule has 2 nitrogen and oxygen atoms in total. The normalized spacial score (nSPS) is 10.3. The summed E-state index contributed by atoms with van der Waals surface area (Å²) in [6, 6.07) is 7.46. The molecule has 11 heavy (non-hydrogen) atoms. The summed E-state index contributed by atoms with van der Waals surface area (Å²) < 4.78 is 0. The molecule has 1 rings (SSSR count). The van der Waals surface area contributed by atoms with Gasteiger partial charge in [0.1, 0.15) is 15.0 Å². The first-order valence-electron chi connectivity index (χ1n) is 3.25. The van der Waals surface area contributed by atoms with E-state index in [9.17, 15) is 0 Å². The molecule has 0 N–H and O–H groups in total. The topological polar surface area (TPSA) is 21.6 Å². The Labute approximate surface area is 67.3 Å². The fourth-order valence-corrected chi connectivity index (χ4v) is 0.738. The van der Waals surface area contributed by atoms with Crippen LogP contribution in [0.25, 0.3) is 0 Å². The summed E-state index contributed by atoms with van der Waals surface area (Å²) in [6.45, 7) is 0. The molecule has 0 saturated carbocycles. The van der Waals surface area contributed by atoms with Gasteiger partial charge in [0, 0.05) is 0 Å². The van der Waals surface area contributed by atoms with Gasteiger partial charge >= 0.3 is 0 Å². The standard InChI is InChI=1S/C8H8BNO/c1-11-10-6-7-4-2-3-5-8(7)9/h2-6H,1H3. The number of rotatable bonds is 2. The molecule has 3 heteroatoms. The first-order chi connectivity index (χ1) is 5.34. The van der Waals surface area contributed by atoms with Crippen molar-refractivity contribution in [3.8, 4) is 0 Å². The number of hydrogen-bond donors (Lipinski definition) is 0. The highest BCUT2D eigenvalue weighted by molar-refractivity contribution is 6.35. The van der Waals surface area contributed by atoms with Crippen molar-refractivity contribution < 1.29 is 4.84 Å². The molecule has 1 aromatic carbocycles. The van der Waals surface area contributed by atoms with Gasteiger partial charge < -0.3 is 4.84 Å². The van der Waals surface area contributed by atoms with Crippen molar-refractivity contribution in [2.24, 2.45) is 5.16 Å². The molecular formula is C8H8BNO. The van der Waals surface area contributed by atoms with E-state index in [1.54, 1.807) is 6.21 Å². The van der Waals surface area contributed by atoms with Crippen LogP contribution in [0, 0.1) is 0 Å². The summed E-state index contributed by atoms with van der Waals surface area (Å²) in [5, 5.41) is 3.60. The summed E-state index contributed by atoms with van der Waals surface area (Å²) in [7, 11) is 7.11. The summed E-state index contributed by atoms with van der Waals surface area (Å²) >= 11 is 0. The van der Waals surface area contributed by atoms with E-state index < -0.39 is 0 Å². The Balaban J connectivity index is 2.86. The minimum absolute atomic E-state index is 0.702. The first-order valence-corrected chi connectivity index (χ1v) is 3.25. The molecule has 0 heterocycles. The van der Waals surface area contributed by atoms with Crippen LogP contribution in [0.3, 0.4) is 0 Å². The monoisotopic (exact) mass is 145 g/mol. The van der Waals surface area contributed by atoms with Crippen molar-refractivity contribution in [2.45, 2.75) is 0 Å². The van der Waals surface area contributed by atoms with Gasteiger partial charge in [0.15, 0.2) is 0 Å². The Morgan fingerprint density at radius 1 is 1.45 bits per heavy atom. The van der Waals surface area contributed by atoms with E-state index in [1.807, 2.05) is 24.3 Å². The summed E-state index contributed by atoms with van der Waals surface area (Å²) in [5.41, 5.74) is 1.57. The average molecular weight is 145 g/mol. The Bertz CT molecular complexity index is 260. The quantitative estimate of drug-likeness (QED) is 0.336. The lowest BCUT2D eigenvalue weighted by Gasteiger charge is -1.96. The zero-order chi connectivity index (χ0) is 8.10. The highest BCUT2D eigenvalue weighted by atomic mass is 16.6. The Kier molecular flexibility index (Phi) is 2.72. The third-order valence-electron chi connectivity index (χ3n) is 1.29. The SMILES string of the molecule is [B]c1ccccc1C=NOC. The van der Waals surface area contributed by atoms with Crippen LogP contribution >= 0.6 is 0 Å². The van der Waals surface area contributed by atoms with E-state index in [0.29, 0.717) is 5.46 Å². The molecule has 0 bridgehead atoms. The van der Waals surface area contributed by atoms with Crippen LogP contribution in [0.15, 0.2) is 29.4 Å². The molecule has 0 saturated heterocycles. The van der Waals surface area contributed by atoms with Crippen molar-refractivity contribution >= 4 is 19.5 Å². The van der Waals surface area contributed by atoms with E-state index in [1.165, 1.54) is 7.11 Å². The van der Waals surface area contributed by atoms with Crippen LogP contribution in [0.4, 0.5) is 0 Å². The molecular weight excluding hydrogens is 137 g/mol. The lowest BCUT2D eigenvalue weighted by Crippen LogP contribution is -2.08. The summed E-state index contributed by atoms with van der Waals surface area (Å²) in [5.74, 6) is 0. The smallest absolute Gasteiger partial charge is 0.114 e. The second-order valence-electron chi connectivity index (χ2n) is 2.05. The lowest BCUT2D eigenvalue weighted by molar-refractivity contribution is 0.215. The second kappa shape index (κ2) is 3.81. The molecule has 2 radical (unpaired) electrons. The fourth-order valence-electron chi connectivity index (χ4n) is 0.738. The van der Waals surface area contributed by atoms with Crippen molar-refractivity contribution in [1.82, 2.24) is 0 Å². The van der Waals surface area contributed by atoms with Gasteiger partial charge in [-0.2, -0.15) is 0 Å². The van der Waals surface area contributed by atoms with Crippen LogP contribution in [0.5, 0.6) is 0 Å². The van der Waals surface area contributed by atoms with Gasteiger partial charge in [0.2, 0.25) is 0 Å². The number of oxime groups is 1. The van der Waals surface area contributed by atoms with Crippen molar-refractivity contribution in [3.63, 3.8) is 0 Å². The zero-order valence-electron chi connectivity index (χ0n) is 6.32. The molecule has 0 unspecified atom stereocenters. The molecule has 1 aromatic rings. The molecule has 0 aliphatic carbocycles. The molecule has 54 valence electrons. The first kappa shape index (κ1) is 7.86. The maximum atomic E-state index is 5.61. The minimum atomic E-state index is 0.702. The lowest BCUT2D eigenvalue weighted by atomic mass is 9.91. The summed E-state index contributed by atoms with van der Waals surface area (Å²) in [4.78, 5) is 4.51. The van der Waals surface area contributed by atoms with Gasteiger partial charge in [-0.25, -0.2) is 0 Å². The molecule has 0 fully saturated rings. The van der Waals surface area contributed by atoms with E-state index >= 15 is 0 Å². The molecule has 0 aliphatic rings. The van der Waals surface area contributed by atoms with Crippen molar-refractivity contribution in [2.75, 3.05) is 7.11 Å². The minimum Gasteiger partial charge on any atom is -0.399 e. The maximum absolute atomic E-state index is 5.61. The Morgan fingerprint density at radius 2 is 2.18 bits per heavy atom. The molecule has 0 aromatic heterocycles. The van der Waals surface area contributed by atoms with Crippen LogP contribution in [0.1, 0.15) is 5.56 Å². The van der Waals surface area contributed by atoms with Gasteiger partial charge in [-0.05, 0) is 5.56 Å². The molecule has 0 amide bonds. The van der Waals surface area contributed by atoms with Crippen LogP contribution in [-0.4, -0.2) is 21.2 Å². The number of benzene rings is 1. The van der Waals surface area contributed by atoms with E-state index in [0.717, 1.165) is 5.56 Å². The third-order valence-corrected chi connectivity index (χ3v) is 1.29. The predicted molar refractivity (Wildman–Crippen MR) is 46.4 cm³/mol. The summed E-state index contributed by atoms with van der Waals surface area (Å²) in [6.07, 6.45) is 1.58. The maximum Gasteiger partial charge on any atom is 0.114 e. The Morgan fingerprint density at radius 3 is 2.82 bits per heavy atom. The highest BCUT2D eigenvalue weighted by Crippen LogP contribution is 1.89. The van der Waals surface area contributed by atoms with Crippen LogP contribution in [0.2, 0.25) is 0 Å². The third kappa shape index (κ3) is 2.11. The van der Waals surface area contributed by atoms with Gasteiger partial charge in [-0.1, -0.05) is 34.9 Å². The van der Waals surface area contributed by atoms with Gasteiger partial charge in [0.05, 0.1) is 6.21 Å². The second-order valence-corrected chi connectivity index (χ2v) is 2.05. The fraction of sp³-hybridized carbons (Fsp3) is 0.125. The van der Waals surface area contributed by atoms with Gasteiger partial charge in [-0.3, -0.25) is 0 Å². The average Bonchev–Trinajstić information content (AvgIpc) is 2.03. The van der Waals surface area contributed by atoms with Gasteiger partial charge in [0.25, 0.3) is 0 Å². The Hall–Kier alpha value is -1.25. The van der Waals surface area contributed by atoms with Gasteiger partial charge in [-0.15, -0.1) is 0 Å². The van der Waals surface area contributed by atoms with Crippen molar-refractivity contribution in [1.29, 1.82) is 0 Å². The van der Waals surface area contributed by atoms with Crippen LogP contribution < -0.4 is 5.46 Å². The largest absolute Gasteiger partial charge is 0.399 e.